The van der Waals surface area contributed by atoms with Gasteiger partial charge in [-0.3, -0.25) is 4.79 Å². The number of aromatic nitrogens is 1. The van der Waals surface area contributed by atoms with Crippen LogP contribution in [0.25, 0.3) is 0 Å². The fraction of sp³-hybridized carbons (Fsp3) is 0.333. The molecule has 1 atom stereocenters. The first kappa shape index (κ1) is 15.1. The van der Waals surface area contributed by atoms with E-state index in [2.05, 4.69) is 4.98 Å². The highest BCUT2D eigenvalue weighted by Gasteiger charge is 2.28. The van der Waals surface area contributed by atoms with E-state index in [9.17, 15) is 9.18 Å². The van der Waals surface area contributed by atoms with E-state index >= 15 is 0 Å². The molecule has 22 heavy (non-hydrogen) atoms. The van der Waals surface area contributed by atoms with Crippen molar-refractivity contribution in [2.45, 2.75) is 12.6 Å². The summed E-state index contributed by atoms with van der Waals surface area (Å²) in [6.07, 6.45) is -0.452. The fourth-order valence-corrected chi connectivity index (χ4v) is 3.07. The van der Waals surface area contributed by atoms with Crippen LogP contribution in [0.3, 0.4) is 0 Å². The lowest BCUT2D eigenvalue weighted by Crippen LogP contribution is -2.42. The average molecular weight is 321 g/mol. The van der Waals surface area contributed by atoms with Crippen molar-refractivity contribution in [3.8, 4) is 0 Å². The van der Waals surface area contributed by atoms with E-state index in [1.807, 2.05) is 0 Å². The number of nitrogens with zero attached hydrogens (tertiary/aromatic N) is 2. The molecule has 1 saturated heterocycles. The maximum Gasteiger partial charge on any atom is 0.273 e. The second kappa shape index (κ2) is 6.51. The molecule has 2 heterocycles. The standard InChI is InChI=1S/C15H16FN3O2S/c16-11-4-2-1-3-10(11)13-8-19(5-6-21-13)15(20)12-9-22-14(7-17)18-12/h1-4,9,13H,5-8,17H2/t13-/m0/s1. The molecule has 1 aliphatic heterocycles. The summed E-state index contributed by atoms with van der Waals surface area (Å²) in [7, 11) is 0. The Labute approximate surface area is 131 Å². The molecule has 2 aromatic rings. The molecule has 0 radical (unpaired) electrons. The number of nitrogens with two attached hydrogens (primary N) is 1. The molecule has 1 aromatic carbocycles. The van der Waals surface area contributed by atoms with Crippen molar-refractivity contribution in [3.63, 3.8) is 0 Å². The van der Waals surface area contributed by atoms with Crippen LogP contribution < -0.4 is 5.73 Å². The molecular formula is C15H16FN3O2S. The van der Waals surface area contributed by atoms with Crippen LogP contribution in [-0.4, -0.2) is 35.5 Å². The van der Waals surface area contributed by atoms with Gasteiger partial charge in [0.15, 0.2) is 0 Å². The molecule has 1 fully saturated rings. The number of halogens is 1. The molecule has 1 amide bonds. The van der Waals surface area contributed by atoms with Gasteiger partial charge in [0.25, 0.3) is 5.91 Å². The van der Waals surface area contributed by atoms with Crippen LogP contribution in [0, 0.1) is 5.82 Å². The summed E-state index contributed by atoms with van der Waals surface area (Å²) >= 11 is 1.37. The van der Waals surface area contributed by atoms with Gasteiger partial charge in [-0.25, -0.2) is 9.37 Å². The van der Waals surface area contributed by atoms with Gasteiger partial charge in [0.2, 0.25) is 0 Å². The zero-order chi connectivity index (χ0) is 15.5. The Bertz CT molecular complexity index is 676. The van der Waals surface area contributed by atoms with E-state index in [-0.39, 0.29) is 11.7 Å². The number of hydrogen-bond donors (Lipinski definition) is 1. The molecule has 2 N–H and O–H groups in total. The Balaban J connectivity index is 1.75. The maximum absolute atomic E-state index is 13.9. The second-order valence-corrected chi connectivity index (χ2v) is 5.91. The molecule has 0 unspecified atom stereocenters. The van der Waals surface area contributed by atoms with Crippen LogP contribution in [0.15, 0.2) is 29.6 Å². The summed E-state index contributed by atoms with van der Waals surface area (Å²) in [5.74, 6) is -0.485. The molecule has 0 saturated carbocycles. The third kappa shape index (κ3) is 3.01. The van der Waals surface area contributed by atoms with E-state index < -0.39 is 6.10 Å². The van der Waals surface area contributed by atoms with Crippen molar-refractivity contribution in [1.29, 1.82) is 0 Å². The van der Waals surface area contributed by atoms with Gasteiger partial charge in [0.1, 0.15) is 22.6 Å². The van der Waals surface area contributed by atoms with Gasteiger partial charge in [0.05, 0.1) is 13.2 Å². The normalized spacial score (nSPS) is 18.5. The molecule has 3 rings (SSSR count). The van der Waals surface area contributed by atoms with Crippen molar-refractivity contribution in [2.24, 2.45) is 5.73 Å². The highest BCUT2D eigenvalue weighted by Crippen LogP contribution is 2.25. The molecule has 116 valence electrons. The van der Waals surface area contributed by atoms with E-state index in [1.54, 1.807) is 28.5 Å². The SMILES string of the molecule is NCc1nc(C(=O)N2CCO[C@H](c3ccccc3F)C2)cs1. The van der Waals surface area contributed by atoms with E-state index in [1.165, 1.54) is 17.4 Å². The third-order valence-corrected chi connectivity index (χ3v) is 4.42. The Morgan fingerprint density at radius 1 is 1.50 bits per heavy atom. The molecule has 0 spiro atoms. The number of hydrogen-bond acceptors (Lipinski definition) is 5. The topological polar surface area (TPSA) is 68.5 Å². The van der Waals surface area contributed by atoms with E-state index in [0.29, 0.717) is 37.5 Å². The van der Waals surface area contributed by atoms with E-state index in [4.69, 9.17) is 10.5 Å². The van der Waals surface area contributed by atoms with Crippen LogP contribution in [-0.2, 0) is 11.3 Å². The lowest BCUT2D eigenvalue weighted by molar-refractivity contribution is -0.0244. The number of ether oxygens (including phenoxy) is 1. The predicted molar refractivity (Wildman–Crippen MR) is 81.0 cm³/mol. The largest absolute Gasteiger partial charge is 0.370 e. The second-order valence-electron chi connectivity index (χ2n) is 4.96. The van der Waals surface area contributed by atoms with Crippen LogP contribution >= 0.6 is 11.3 Å². The molecular weight excluding hydrogens is 305 g/mol. The van der Waals surface area contributed by atoms with Crippen molar-refractivity contribution in [2.75, 3.05) is 19.7 Å². The summed E-state index contributed by atoms with van der Waals surface area (Å²) in [6, 6.07) is 6.47. The molecule has 0 bridgehead atoms. The number of thiazole rings is 1. The predicted octanol–water partition coefficient (Wildman–Crippen LogP) is 1.95. The first-order valence-electron chi connectivity index (χ1n) is 6.99. The van der Waals surface area contributed by atoms with Crippen molar-refractivity contribution < 1.29 is 13.9 Å². The molecule has 5 nitrogen and oxygen atoms in total. The average Bonchev–Trinajstić information content (AvgIpc) is 3.04. The number of morpholine rings is 1. The van der Waals surface area contributed by atoms with Crippen molar-refractivity contribution in [3.05, 3.63) is 51.7 Å². The number of rotatable bonds is 3. The third-order valence-electron chi connectivity index (χ3n) is 3.55. The van der Waals surface area contributed by atoms with Crippen molar-refractivity contribution >= 4 is 17.2 Å². The van der Waals surface area contributed by atoms with Gasteiger partial charge in [-0.1, -0.05) is 18.2 Å². The lowest BCUT2D eigenvalue weighted by atomic mass is 10.1. The van der Waals surface area contributed by atoms with E-state index in [0.717, 1.165) is 5.01 Å². The number of benzene rings is 1. The maximum atomic E-state index is 13.9. The molecule has 1 aromatic heterocycles. The zero-order valence-electron chi connectivity index (χ0n) is 11.9. The Hall–Kier alpha value is -1.83. The van der Waals surface area contributed by atoms with Gasteiger partial charge >= 0.3 is 0 Å². The van der Waals surface area contributed by atoms with Gasteiger partial charge < -0.3 is 15.4 Å². The highest BCUT2D eigenvalue weighted by atomic mass is 32.1. The first-order chi connectivity index (χ1) is 10.7. The molecule has 7 heteroatoms. The summed E-state index contributed by atoms with van der Waals surface area (Å²) in [6.45, 7) is 1.48. The Morgan fingerprint density at radius 3 is 3.05 bits per heavy atom. The summed E-state index contributed by atoms with van der Waals surface area (Å²) in [4.78, 5) is 18.3. The van der Waals surface area contributed by atoms with Crippen LogP contribution in [0.5, 0.6) is 0 Å². The lowest BCUT2D eigenvalue weighted by Gasteiger charge is -2.32. The summed E-state index contributed by atoms with van der Waals surface area (Å²) < 4.78 is 19.5. The summed E-state index contributed by atoms with van der Waals surface area (Å²) in [5.41, 5.74) is 6.38. The molecule has 1 aliphatic rings. The van der Waals surface area contributed by atoms with Gasteiger partial charge in [-0.05, 0) is 6.07 Å². The van der Waals surface area contributed by atoms with Crippen molar-refractivity contribution in [1.82, 2.24) is 9.88 Å². The Morgan fingerprint density at radius 2 is 2.32 bits per heavy atom. The molecule has 0 aliphatic carbocycles. The minimum atomic E-state index is -0.452. The number of carbonyl (C=O) groups excluding carboxylic acids is 1. The Kier molecular flexibility index (Phi) is 4.47. The smallest absolute Gasteiger partial charge is 0.273 e. The fourth-order valence-electron chi connectivity index (χ4n) is 2.42. The zero-order valence-corrected chi connectivity index (χ0v) is 12.7. The highest BCUT2D eigenvalue weighted by molar-refractivity contribution is 7.09. The minimum Gasteiger partial charge on any atom is -0.370 e. The number of amides is 1. The van der Waals surface area contributed by atoms with Crippen LogP contribution in [0.2, 0.25) is 0 Å². The minimum absolute atomic E-state index is 0.166. The van der Waals surface area contributed by atoms with Gasteiger partial charge in [-0.15, -0.1) is 11.3 Å². The number of carbonyl (C=O) groups is 1. The van der Waals surface area contributed by atoms with Gasteiger partial charge in [0, 0.05) is 24.0 Å². The monoisotopic (exact) mass is 321 g/mol. The summed E-state index contributed by atoms with van der Waals surface area (Å²) in [5, 5.41) is 2.43. The van der Waals surface area contributed by atoms with Gasteiger partial charge in [-0.2, -0.15) is 0 Å². The van der Waals surface area contributed by atoms with Crippen LogP contribution in [0.1, 0.15) is 27.2 Å². The first-order valence-corrected chi connectivity index (χ1v) is 7.86. The quantitative estimate of drug-likeness (QED) is 0.938. The van der Waals surface area contributed by atoms with Crippen LogP contribution in [0.4, 0.5) is 4.39 Å².